The van der Waals surface area contributed by atoms with Gasteiger partial charge in [0.05, 0.1) is 33.2 Å². The van der Waals surface area contributed by atoms with Gasteiger partial charge in [-0.3, -0.25) is 9.59 Å². The van der Waals surface area contributed by atoms with Crippen LogP contribution in [-0.4, -0.2) is 58.6 Å². The van der Waals surface area contributed by atoms with Crippen LogP contribution in [0.4, 0.5) is 0 Å². The number of rotatable bonds is 2. The molecule has 33 heavy (non-hydrogen) atoms. The summed E-state index contributed by atoms with van der Waals surface area (Å²) in [6.45, 7) is 5.23. The fraction of sp³-hybridized carbons (Fsp3) is 0.435. The lowest BCUT2D eigenvalue weighted by atomic mass is 9.79. The van der Waals surface area contributed by atoms with Crippen molar-refractivity contribution in [2.24, 2.45) is 5.92 Å². The highest BCUT2D eigenvalue weighted by atomic mass is 35.5. The minimum atomic E-state index is -0.371. The molecule has 0 spiro atoms. The number of carbonyl (C=O) groups excluding carboxylic acids is 2. The molecule has 0 radical (unpaired) electrons. The second-order valence-corrected chi connectivity index (χ2v) is 9.89. The number of amides is 2. The Morgan fingerprint density at radius 1 is 1.30 bits per heavy atom. The summed E-state index contributed by atoms with van der Waals surface area (Å²) in [4.78, 5) is 27.9. The number of hydrazine groups is 1. The number of fused-ring (bicyclic) bond motifs is 4. The highest BCUT2D eigenvalue weighted by Gasteiger charge is 2.51. The fourth-order valence-corrected chi connectivity index (χ4v) is 5.65. The fourth-order valence-electron chi connectivity index (χ4n) is 5.36. The Morgan fingerprint density at radius 2 is 2.09 bits per heavy atom. The number of carbonyl (C=O) groups is 2. The van der Waals surface area contributed by atoms with E-state index in [4.69, 9.17) is 27.7 Å². The third-order valence-corrected chi connectivity index (χ3v) is 7.76. The summed E-state index contributed by atoms with van der Waals surface area (Å²) < 4.78 is 5.33. The Balaban J connectivity index is 1.57. The third-order valence-electron chi connectivity index (χ3n) is 7.02. The molecule has 8 nitrogen and oxygen atoms in total. The smallest absolute Gasteiger partial charge is 0.254 e. The molecule has 5 rings (SSSR count). The normalized spacial score (nSPS) is 26.5. The highest BCUT2D eigenvalue weighted by molar-refractivity contribution is 6.42. The second-order valence-electron chi connectivity index (χ2n) is 9.07. The van der Waals surface area contributed by atoms with Crippen LogP contribution in [0, 0.1) is 5.92 Å². The van der Waals surface area contributed by atoms with Crippen LogP contribution in [0.3, 0.4) is 0 Å². The molecular formula is C23H25Cl2N5O3. The molecule has 174 valence electrons. The van der Waals surface area contributed by atoms with Crippen LogP contribution in [0.2, 0.25) is 10.0 Å². The van der Waals surface area contributed by atoms with E-state index in [0.717, 1.165) is 22.5 Å². The minimum absolute atomic E-state index is 0.0281. The molecule has 3 aliphatic heterocycles. The highest BCUT2D eigenvalue weighted by Crippen LogP contribution is 2.46. The zero-order chi connectivity index (χ0) is 23.5. The van der Waals surface area contributed by atoms with Crippen molar-refractivity contribution in [3.05, 3.63) is 56.9 Å². The van der Waals surface area contributed by atoms with Gasteiger partial charge in [0.15, 0.2) is 0 Å². The molecular weight excluding hydrogens is 465 g/mol. The van der Waals surface area contributed by atoms with Crippen molar-refractivity contribution in [2.45, 2.75) is 38.3 Å². The summed E-state index contributed by atoms with van der Waals surface area (Å²) in [6, 6.07) is 4.74. The van der Waals surface area contributed by atoms with Crippen LogP contribution in [0.5, 0.6) is 0 Å². The van der Waals surface area contributed by atoms with E-state index in [9.17, 15) is 9.59 Å². The molecule has 1 aromatic heterocycles. The number of nitrogens with zero attached hydrogens (tertiary/aromatic N) is 3. The SMILES string of the molecule is CNC(=O)[C@@H]1Cc2conc2C2=C3[C@@H](C)N(C(=O)c4ccc(Cl)c(Cl)c4)CCC3(C)NN2C1. The molecule has 0 bridgehead atoms. The number of likely N-dealkylation sites (tertiary alicyclic amines) is 1. The van der Waals surface area contributed by atoms with Crippen molar-refractivity contribution in [3.63, 3.8) is 0 Å². The Labute approximate surface area is 201 Å². The van der Waals surface area contributed by atoms with E-state index in [-0.39, 0.29) is 29.3 Å². The maximum absolute atomic E-state index is 13.5. The van der Waals surface area contributed by atoms with Gasteiger partial charge in [0.2, 0.25) is 5.91 Å². The van der Waals surface area contributed by atoms with E-state index in [1.54, 1.807) is 31.5 Å². The lowest BCUT2D eigenvalue weighted by Gasteiger charge is -2.43. The summed E-state index contributed by atoms with van der Waals surface area (Å²) in [5.74, 6) is -0.390. The number of halogens is 2. The molecule has 1 unspecified atom stereocenters. The van der Waals surface area contributed by atoms with Crippen molar-refractivity contribution in [3.8, 4) is 0 Å². The van der Waals surface area contributed by atoms with Gasteiger partial charge in [-0.2, -0.15) is 0 Å². The van der Waals surface area contributed by atoms with Crippen molar-refractivity contribution in [1.82, 2.24) is 25.8 Å². The summed E-state index contributed by atoms with van der Waals surface area (Å²) in [5.41, 5.74) is 7.32. The number of hydrogen-bond acceptors (Lipinski definition) is 6. The van der Waals surface area contributed by atoms with Gasteiger partial charge in [-0.1, -0.05) is 28.4 Å². The number of hydrogen-bond donors (Lipinski definition) is 2. The van der Waals surface area contributed by atoms with E-state index in [1.165, 1.54) is 0 Å². The maximum atomic E-state index is 13.5. The Hall–Kier alpha value is -2.55. The number of nitrogens with one attached hydrogen (secondary N) is 2. The number of benzene rings is 1. The van der Waals surface area contributed by atoms with Crippen molar-refractivity contribution < 1.29 is 14.1 Å². The second kappa shape index (κ2) is 8.04. The first-order valence-corrected chi connectivity index (χ1v) is 11.7. The quantitative estimate of drug-likeness (QED) is 0.673. The molecule has 1 fully saturated rings. The predicted molar refractivity (Wildman–Crippen MR) is 125 cm³/mol. The van der Waals surface area contributed by atoms with E-state index in [2.05, 4.69) is 22.8 Å². The first kappa shape index (κ1) is 22.3. The zero-order valence-corrected chi connectivity index (χ0v) is 20.1. The summed E-state index contributed by atoms with van der Waals surface area (Å²) in [6.07, 6.45) is 2.85. The minimum Gasteiger partial charge on any atom is -0.364 e. The topological polar surface area (TPSA) is 90.7 Å². The molecule has 2 amide bonds. The average molecular weight is 490 g/mol. The standard InChI is InChI=1S/C23H25Cl2N5O3/c1-12-18-20-19-15(11-33-27-19)8-14(21(31)26-3)10-30(20)28-23(18,2)6-7-29(12)22(32)13-4-5-16(24)17(25)9-13/h4-5,9,11-12,14,28H,6-8,10H2,1-3H3,(H,26,31)/t12-,14-,23?/m1/s1. The lowest BCUT2D eigenvalue weighted by molar-refractivity contribution is -0.125. The third kappa shape index (κ3) is 3.52. The molecule has 10 heteroatoms. The van der Waals surface area contributed by atoms with E-state index < -0.39 is 0 Å². The summed E-state index contributed by atoms with van der Waals surface area (Å²) >= 11 is 12.2. The van der Waals surface area contributed by atoms with Crippen LogP contribution in [0.1, 0.15) is 41.9 Å². The molecule has 0 aliphatic carbocycles. The van der Waals surface area contributed by atoms with Gasteiger partial charge in [-0.05, 0) is 44.9 Å². The molecule has 1 saturated heterocycles. The number of piperidine rings is 1. The van der Waals surface area contributed by atoms with Crippen molar-refractivity contribution in [2.75, 3.05) is 20.1 Å². The van der Waals surface area contributed by atoms with Gasteiger partial charge in [0.1, 0.15) is 12.0 Å². The van der Waals surface area contributed by atoms with Crippen LogP contribution in [-0.2, 0) is 11.2 Å². The van der Waals surface area contributed by atoms with Gasteiger partial charge >= 0.3 is 0 Å². The largest absolute Gasteiger partial charge is 0.364 e. The molecule has 3 aliphatic rings. The average Bonchev–Trinajstić information content (AvgIpc) is 3.32. The van der Waals surface area contributed by atoms with Gasteiger partial charge in [0.25, 0.3) is 5.91 Å². The van der Waals surface area contributed by atoms with Crippen molar-refractivity contribution >= 4 is 40.7 Å². The number of aromatic nitrogens is 1. The molecule has 2 N–H and O–H groups in total. The van der Waals surface area contributed by atoms with E-state index in [0.29, 0.717) is 41.5 Å². The Morgan fingerprint density at radius 3 is 2.82 bits per heavy atom. The van der Waals surface area contributed by atoms with E-state index in [1.807, 2.05) is 16.8 Å². The molecule has 3 atom stereocenters. The Bertz CT molecular complexity index is 1180. The van der Waals surface area contributed by atoms with Crippen LogP contribution < -0.4 is 10.7 Å². The Kier molecular flexibility index (Phi) is 5.42. The van der Waals surface area contributed by atoms with Gasteiger partial charge in [-0.15, -0.1) is 0 Å². The first-order chi connectivity index (χ1) is 15.7. The zero-order valence-electron chi connectivity index (χ0n) is 18.6. The molecule has 0 saturated carbocycles. The lowest BCUT2D eigenvalue weighted by Crippen LogP contribution is -2.57. The molecule has 1 aromatic carbocycles. The summed E-state index contributed by atoms with van der Waals surface area (Å²) in [7, 11) is 1.65. The van der Waals surface area contributed by atoms with Crippen LogP contribution in [0.25, 0.3) is 5.70 Å². The van der Waals surface area contributed by atoms with Crippen LogP contribution >= 0.6 is 23.2 Å². The monoisotopic (exact) mass is 489 g/mol. The maximum Gasteiger partial charge on any atom is 0.254 e. The predicted octanol–water partition coefficient (Wildman–Crippen LogP) is 3.12. The van der Waals surface area contributed by atoms with Gasteiger partial charge < -0.3 is 19.7 Å². The first-order valence-electron chi connectivity index (χ1n) is 10.9. The summed E-state index contributed by atoms with van der Waals surface area (Å²) in [5, 5.41) is 9.85. The van der Waals surface area contributed by atoms with Crippen molar-refractivity contribution in [1.29, 1.82) is 0 Å². The molecule has 2 aromatic rings. The van der Waals surface area contributed by atoms with Crippen LogP contribution in [0.15, 0.2) is 34.6 Å². The van der Waals surface area contributed by atoms with E-state index >= 15 is 0 Å². The van der Waals surface area contributed by atoms with Gasteiger partial charge in [0, 0.05) is 36.8 Å². The molecule has 4 heterocycles. The van der Waals surface area contributed by atoms with Gasteiger partial charge in [-0.25, -0.2) is 5.43 Å².